The minimum atomic E-state index is -3.62. The van der Waals surface area contributed by atoms with Gasteiger partial charge < -0.3 is 10.6 Å². The van der Waals surface area contributed by atoms with E-state index < -0.39 is 15.8 Å². The molecule has 130 valence electrons. The third-order valence-electron chi connectivity index (χ3n) is 3.67. The zero-order chi connectivity index (χ0) is 16.3. The number of rotatable bonds is 4. The summed E-state index contributed by atoms with van der Waals surface area (Å²) in [4.78, 5) is 14.3. The van der Waals surface area contributed by atoms with Crippen LogP contribution in [0, 0.1) is 5.82 Å². The monoisotopic (exact) mass is 365 g/mol. The third-order valence-corrected chi connectivity index (χ3v) is 4.26. The molecule has 1 heterocycles. The molecule has 1 fully saturated rings. The summed E-state index contributed by atoms with van der Waals surface area (Å²) >= 11 is 0. The molecule has 1 atom stereocenters. The molecule has 1 aliphatic rings. The molecule has 6 nitrogen and oxygen atoms in total. The van der Waals surface area contributed by atoms with Gasteiger partial charge in [0.05, 0.1) is 11.9 Å². The van der Waals surface area contributed by atoms with E-state index in [9.17, 15) is 17.6 Å². The van der Waals surface area contributed by atoms with Crippen molar-refractivity contribution in [1.82, 2.24) is 4.90 Å². The number of nitrogens with one attached hydrogen (secondary N) is 1. The molecule has 1 aromatic carbocycles. The van der Waals surface area contributed by atoms with Gasteiger partial charge in [0.15, 0.2) is 0 Å². The molecule has 1 unspecified atom stereocenters. The van der Waals surface area contributed by atoms with Crippen molar-refractivity contribution in [3.63, 3.8) is 0 Å². The van der Waals surface area contributed by atoms with Crippen LogP contribution in [0.15, 0.2) is 18.2 Å². The second-order valence-electron chi connectivity index (χ2n) is 5.45. The summed E-state index contributed by atoms with van der Waals surface area (Å²) in [6.07, 6.45) is 3.70. The summed E-state index contributed by atoms with van der Waals surface area (Å²) in [6.45, 7) is 0.980. The van der Waals surface area contributed by atoms with Gasteiger partial charge in [0.2, 0.25) is 10.0 Å². The van der Waals surface area contributed by atoms with E-state index in [0.717, 1.165) is 31.6 Å². The molecule has 1 aromatic rings. The Morgan fingerprint density at radius 1 is 1.43 bits per heavy atom. The van der Waals surface area contributed by atoms with Crippen LogP contribution in [0.25, 0.3) is 0 Å². The molecular formula is C14H21ClFN3O3S. The molecular weight excluding hydrogens is 345 g/mol. The van der Waals surface area contributed by atoms with Crippen molar-refractivity contribution in [2.45, 2.75) is 25.3 Å². The Morgan fingerprint density at radius 2 is 2.13 bits per heavy atom. The quantitative estimate of drug-likeness (QED) is 0.847. The van der Waals surface area contributed by atoms with E-state index in [1.54, 1.807) is 4.90 Å². The topological polar surface area (TPSA) is 92.5 Å². The summed E-state index contributed by atoms with van der Waals surface area (Å²) in [5.41, 5.74) is 5.72. The van der Waals surface area contributed by atoms with Gasteiger partial charge in [-0.05, 0) is 37.5 Å². The standard InChI is InChI=1S/C14H20FN3O3S.ClH/c1-22(20,21)17-13-8-10(5-6-12(13)15)14(19)18-7-3-2-4-11(18)9-16;/h5-6,8,11,17H,2-4,7,9,16H2,1H3;1H. The predicted octanol–water partition coefficient (Wildman–Crippen LogP) is 1.57. The van der Waals surface area contributed by atoms with Gasteiger partial charge in [-0.25, -0.2) is 12.8 Å². The van der Waals surface area contributed by atoms with Crippen LogP contribution in [0.3, 0.4) is 0 Å². The highest BCUT2D eigenvalue weighted by Gasteiger charge is 2.27. The number of carbonyl (C=O) groups excluding carboxylic acids is 1. The van der Waals surface area contributed by atoms with Crippen molar-refractivity contribution in [2.75, 3.05) is 24.1 Å². The Bertz CT molecular complexity index is 669. The van der Waals surface area contributed by atoms with Crippen LogP contribution in [0.5, 0.6) is 0 Å². The molecule has 0 spiro atoms. The number of likely N-dealkylation sites (tertiary alicyclic amines) is 1. The molecule has 0 bridgehead atoms. The largest absolute Gasteiger partial charge is 0.334 e. The number of nitrogens with two attached hydrogens (primary N) is 1. The van der Waals surface area contributed by atoms with E-state index in [0.29, 0.717) is 13.1 Å². The Labute approximate surface area is 141 Å². The lowest BCUT2D eigenvalue weighted by atomic mass is 10.0. The minimum absolute atomic E-state index is 0. The summed E-state index contributed by atoms with van der Waals surface area (Å²) in [7, 11) is -3.62. The smallest absolute Gasteiger partial charge is 0.254 e. The maximum absolute atomic E-state index is 13.7. The molecule has 0 radical (unpaired) electrons. The van der Waals surface area contributed by atoms with Crippen molar-refractivity contribution in [3.8, 4) is 0 Å². The highest BCUT2D eigenvalue weighted by atomic mass is 35.5. The molecule has 0 aliphatic carbocycles. The van der Waals surface area contributed by atoms with Crippen LogP contribution in [0.4, 0.5) is 10.1 Å². The first-order chi connectivity index (χ1) is 10.3. The maximum Gasteiger partial charge on any atom is 0.254 e. The van der Waals surface area contributed by atoms with E-state index in [2.05, 4.69) is 4.72 Å². The summed E-state index contributed by atoms with van der Waals surface area (Å²) in [5.74, 6) is -0.984. The fraction of sp³-hybridized carbons (Fsp3) is 0.500. The molecule has 1 saturated heterocycles. The third kappa shape index (κ3) is 5.05. The van der Waals surface area contributed by atoms with Gasteiger partial charge >= 0.3 is 0 Å². The number of amides is 1. The van der Waals surface area contributed by atoms with Gasteiger partial charge in [-0.15, -0.1) is 12.4 Å². The number of anilines is 1. The predicted molar refractivity (Wildman–Crippen MR) is 89.8 cm³/mol. The fourth-order valence-electron chi connectivity index (χ4n) is 2.62. The van der Waals surface area contributed by atoms with Crippen LogP contribution in [0.2, 0.25) is 0 Å². The molecule has 23 heavy (non-hydrogen) atoms. The van der Waals surface area contributed by atoms with E-state index >= 15 is 0 Å². The number of halogens is 2. The van der Waals surface area contributed by atoms with Crippen molar-refractivity contribution in [1.29, 1.82) is 0 Å². The van der Waals surface area contributed by atoms with E-state index in [1.165, 1.54) is 12.1 Å². The van der Waals surface area contributed by atoms with E-state index in [-0.39, 0.29) is 35.6 Å². The lowest BCUT2D eigenvalue weighted by molar-refractivity contribution is 0.0623. The summed E-state index contributed by atoms with van der Waals surface area (Å²) < 4.78 is 38.2. The second kappa shape index (κ2) is 7.94. The van der Waals surface area contributed by atoms with E-state index in [1.807, 2.05) is 0 Å². The molecule has 2 rings (SSSR count). The van der Waals surface area contributed by atoms with Crippen molar-refractivity contribution in [2.24, 2.45) is 5.73 Å². The Kier molecular flexibility index (Phi) is 6.79. The zero-order valence-corrected chi connectivity index (χ0v) is 14.4. The molecule has 1 aliphatic heterocycles. The fourth-order valence-corrected chi connectivity index (χ4v) is 3.17. The highest BCUT2D eigenvalue weighted by Crippen LogP contribution is 2.22. The zero-order valence-electron chi connectivity index (χ0n) is 12.8. The van der Waals surface area contributed by atoms with Gasteiger partial charge in [-0.1, -0.05) is 0 Å². The first-order valence-electron chi connectivity index (χ1n) is 7.10. The molecule has 0 saturated carbocycles. The maximum atomic E-state index is 13.7. The number of hydrogen-bond donors (Lipinski definition) is 2. The number of benzene rings is 1. The molecule has 9 heteroatoms. The minimum Gasteiger partial charge on any atom is -0.334 e. The van der Waals surface area contributed by atoms with Crippen molar-refractivity contribution >= 4 is 34.0 Å². The number of hydrogen-bond acceptors (Lipinski definition) is 4. The lowest BCUT2D eigenvalue weighted by Gasteiger charge is -2.35. The lowest BCUT2D eigenvalue weighted by Crippen LogP contribution is -2.47. The van der Waals surface area contributed by atoms with Gasteiger partial charge in [0.25, 0.3) is 5.91 Å². The number of sulfonamides is 1. The van der Waals surface area contributed by atoms with Gasteiger partial charge in [-0.2, -0.15) is 0 Å². The first kappa shape index (κ1) is 19.7. The number of nitrogens with zero attached hydrogens (tertiary/aromatic N) is 1. The van der Waals surface area contributed by atoms with Crippen LogP contribution in [-0.2, 0) is 10.0 Å². The van der Waals surface area contributed by atoms with Crippen LogP contribution >= 0.6 is 12.4 Å². The van der Waals surface area contributed by atoms with E-state index in [4.69, 9.17) is 5.73 Å². The molecule has 3 N–H and O–H groups in total. The highest BCUT2D eigenvalue weighted by molar-refractivity contribution is 7.92. The van der Waals surface area contributed by atoms with Gasteiger partial charge in [0, 0.05) is 24.7 Å². The molecule has 1 amide bonds. The summed E-state index contributed by atoms with van der Waals surface area (Å²) in [6, 6.07) is 3.63. The van der Waals surface area contributed by atoms with Crippen molar-refractivity contribution in [3.05, 3.63) is 29.6 Å². The Morgan fingerprint density at radius 3 is 2.74 bits per heavy atom. The normalized spacial score (nSPS) is 18.2. The second-order valence-corrected chi connectivity index (χ2v) is 7.20. The Balaban J connectivity index is 0.00000264. The summed E-state index contributed by atoms with van der Waals surface area (Å²) in [5, 5.41) is 0. The Hall–Kier alpha value is -1.38. The average Bonchev–Trinajstić information content (AvgIpc) is 2.47. The van der Waals surface area contributed by atoms with Crippen LogP contribution in [0.1, 0.15) is 29.6 Å². The van der Waals surface area contributed by atoms with Gasteiger partial charge in [-0.3, -0.25) is 9.52 Å². The van der Waals surface area contributed by atoms with Crippen LogP contribution in [-0.4, -0.2) is 44.6 Å². The first-order valence-corrected chi connectivity index (χ1v) is 8.99. The van der Waals surface area contributed by atoms with Crippen LogP contribution < -0.4 is 10.5 Å². The average molecular weight is 366 g/mol. The number of piperidine rings is 1. The van der Waals surface area contributed by atoms with Crippen molar-refractivity contribution < 1.29 is 17.6 Å². The number of carbonyl (C=O) groups is 1. The SMILES string of the molecule is CS(=O)(=O)Nc1cc(C(=O)N2CCCCC2CN)ccc1F.Cl. The van der Waals surface area contributed by atoms with Gasteiger partial charge in [0.1, 0.15) is 5.82 Å². The molecule has 0 aromatic heterocycles.